The van der Waals surface area contributed by atoms with Gasteiger partial charge >= 0.3 is 0 Å². The summed E-state index contributed by atoms with van der Waals surface area (Å²) in [5, 5.41) is 2.52. The summed E-state index contributed by atoms with van der Waals surface area (Å²) in [5.74, 6) is 4.26. The number of piperazine rings is 1. The van der Waals surface area contributed by atoms with E-state index in [9.17, 15) is 0 Å². The van der Waals surface area contributed by atoms with Gasteiger partial charge in [-0.15, -0.1) is 11.8 Å². The van der Waals surface area contributed by atoms with E-state index in [1.54, 1.807) is 0 Å². The number of hydrogen-bond acceptors (Lipinski definition) is 6. The number of anilines is 1. The first-order valence-electron chi connectivity index (χ1n) is 18.7. The minimum absolute atomic E-state index is 0.0134. The Labute approximate surface area is 288 Å². The van der Waals surface area contributed by atoms with Crippen molar-refractivity contribution in [1.29, 1.82) is 0 Å². The number of halogens is 1. The average molecular weight is 701 g/mol. The summed E-state index contributed by atoms with van der Waals surface area (Å²) < 4.78 is 0.929. The minimum Gasteiger partial charge on any atom is -0.353 e. The topological polar surface area (TPSA) is 48.6 Å². The van der Waals surface area contributed by atoms with E-state index in [0.717, 1.165) is 43.1 Å². The van der Waals surface area contributed by atoms with Crippen LogP contribution in [0.2, 0.25) is 0 Å². The quantitative estimate of drug-likeness (QED) is 0.124. The van der Waals surface area contributed by atoms with E-state index in [4.69, 9.17) is 10.7 Å². The van der Waals surface area contributed by atoms with Crippen LogP contribution in [-0.2, 0) is 0 Å². The molecule has 1 saturated carbocycles. The lowest BCUT2D eigenvalue weighted by Crippen LogP contribution is -2.57. The van der Waals surface area contributed by atoms with E-state index in [-0.39, 0.29) is 5.54 Å². The molecule has 3 heterocycles. The molecule has 7 heteroatoms. The van der Waals surface area contributed by atoms with Gasteiger partial charge in [0.05, 0.1) is 0 Å². The lowest BCUT2D eigenvalue weighted by atomic mass is 9.71. The molecule has 2 saturated heterocycles. The van der Waals surface area contributed by atoms with Crippen molar-refractivity contribution in [2.75, 3.05) is 55.8 Å². The van der Waals surface area contributed by atoms with Crippen LogP contribution in [0.25, 0.3) is 10.8 Å². The van der Waals surface area contributed by atoms with Crippen molar-refractivity contribution in [3.8, 4) is 0 Å². The molecule has 2 N–H and O–H groups in total. The fourth-order valence-corrected chi connectivity index (χ4v) is 9.81. The number of thioether (sulfide) groups is 1. The Kier molecular flexibility index (Phi) is 14.7. The molecular formula is C38H62BrN5S. The number of unbranched alkanes of at least 4 members (excludes halogenated alkanes) is 11. The molecular weight excluding hydrogens is 638 g/mol. The zero-order valence-electron chi connectivity index (χ0n) is 28.4. The van der Waals surface area contributed by atoms with Crippen molar-refractivity contribution in [3.05, 3.63) is 34.9 Å². The van der Waals surface area contributed by atoms with Gasteiger partial charge in [0.2, 0.25) is 0 Å². The molecule has 3 aliphatic rings. The number of fused-ring (bicyclic) bond motifs is 1. The maximum atomic E-state index is 7.47. The molecule has 1 aliphatic carbocycles. The van der Waals surface area contributed by atoms with Gasteiger partial charge in [-0.05, 0) is 65.4 Å². The fraction of sp³-hybridized carbons (Fsp3) is 0.763. The van der Waals surface area contributed by atoms with E-state index in [1.807, 2.05) is 0 Å². The van der Waals surface area contributed by atoms with E-state index >= 15 is 0 Å². The van der Waals surface area contributed by atoms with Gasteiger partial charge in [0.25, 0.3) is 0 Å². The summed E-state index contributed by atoms with van der Waals surface area (Å²) in [6.45, 7) is 9.02. The fourth-order valence-electron chi connectivity index (χ4n) is 8.40. The maximum Gasteiger partial charge on any atom is 0.137 e. The average Bonchev–Trinajstić information content (AvgIpc) is 3.58. The lowest BCUT2D eigenvalue weighted by molar-refractivity contribution is 0.0835. The first-order chi connectivity index (χ1) is 22.1. The Hall–Kier alpha value is -0.860. The van der Waals surface area contributed by atoms with Crippen molar-refractivity contribution < 1.29 is 0 Å². The van der Waals surface area contributed by atoms with Crippen molar-refractivity contribution in [2.45, 2.75) is 128 Å². The Morgan fingerprint density at radius 3 is 2.13 bits per heavy atom. The highest BCUT2D eigenvalue weighted by Gasteiger charge is 2.40. The molecule has 2 aromatic rings. The third kappa shape index (κ3) is 10.6. The molecule has 1 atom stereocenters. The van der Waals surface area contributed by atoms with Crippen molar-refractivity contribution in [3.63, 3.8) is 0 Å². The van der Waals surface area contributed by atoms with E-state index in [2.05, 4.69) is 79.6 Å². The zero-order valence-corrected chi connectivity index (χ0v) is 30.8. The van der Waals surface area contributed by atoms with Gasteiger partial charge in [-0.1, -0.05) is 108 Å². The SMILES string of the molecule is CCCCCCCCCCCCCC[C@@](N)(CN1CCSC1)C1CCC(N2CCN(c3nc(Br)cc4ccccc34)CC2)CC1. The number of nitrogens with two attached hydrogens (primary N) is 1. The number of hydrogen-bond donors (Lipinski definition) is 1. The summed E-state index contributed by atoms with van der Waals surface area (Å²) >= 11 is 5.74. The Balaban J connectivity index is 1.04. The largest absolute Gasteiger partial charge is 0.353 e. The Morgan fingerprint density at radius 2 is 1.49 bits per heavy atom. The van der Waals surface area contributed by atoms with Gasteiger partial charge in [0, 0.05) is 67.9 Å². The second-order valence-corrected chi connectivity index (χ2v) is 16.4. The summed E-state index contributed by atoms with van der Waals surface area (Å²) in [5.41, 5.74) is 7.45. The second-order valence-electron chi connectivity index (χ2n) is 14.5. The van der Waals surface area contributed by atoms with Crippen LogP contribution in [0.4, 0.5) is 5.82 Å². The molecule has 2 aliphatic heterocycles. The highest BCUT2D eigenvalue weighted by atomic mass is 79.9. The molecule has 3 fully saturated rings. The monoisotopic (exact) mass is 699 g/mol. The summed E-state index contributed by atoms with van der Waals surface area (Å²) in [4.78, 5) is 12.9. The number of benzene rings is 1. The predicted molar refractivity (Wildman–Crippen MR) is 200 cm³/mol. The van der Waals surface area contributed by atoms with E-state index in [1.165, 1.54) is 138 Å². The number of aromatic nitrogens is 1. The third-order valence-corrected chi connectivity index (χ3v) is 12.6. The van der Waals surface area contributed by atoms with Crippen LogP contribution >= 0.6 is 27.7 Å². The molecule has 1 aromatic carbocycles. The van der Waals surface area contributed by atoms with Crippen molar-refractivity contribution >= 4 is 44.3 Å². The molecule has 0 spiro atoms. The normalized spacial score (nSPS) is 23.1. The Morgan fingerprint density at radius 1 is 0.844 bits per heavy atom. The van der Waals surface area contributed by atoms with Gasteiger partial charge in [0.1, 0.15) is 10.4 Å². The molecule has 0 amide bonds. The first kappa shape index (κ1) is 35.4. The van der Waals surface area contributed by atoms with Gasteiger partial charge in [-0.2, -0.15) is 0 Å². The lowest BCUT2D eigenvalue weighted by Gasteiger charge is -2.47. The van der Waals surface area contributed by atoms with Crippen LogP contribution < -0.4 is 10.6 Å². The molecule has 252 valence electrons. The van der Waals surface area contributed by atoms with Crippen molar-refractivity contribution in [1.82, 2.24) is 14.8 Å². The third-order valence-electron chi connectivity index (χ3n) is 11.2. The second kappa shape index (κ2) is 18.6. The van der Waals surface area contributed by atoms with Crippen LogP contribution in [0.1, 0.15) is 116 Å². The summed E-state index contributed by atoms with van der Waals surface area (Å²) in [7, 11) is 0. The number of nitrogens with zero attached hydrogens (tertiary/aromatic N) is 4. The van der Waals surface area contributed by atoms with E-state index in [0.29, 0.717) is 12.0 Å². The minimum atomic E-state index is -0.0134. The Bertz CT molecular complexity index is 1130. The molecule has 0 unspecified atom stereocenters. The molecule has 45 heavy (non-hydrogen) atoms. The van der Waals surface area contributed by atoms with Crippen LogP contribution in [0, 0.1) is 5.92 Å². The van der Waals surface area contributed by atoms with Crippen LogP contribution in [-0.4, -0.2) is 77.3 Å². The van der Waals surface area contributed by atoms with E-state index < -0.39 is 0 Å². The molecule has 0 bridgehead atoms. The van der Waals surface area contributed by atoms with Crippen molar-refractivity contribution in [2.24, 2.45) is 11.7 Å². The zero-order chi connectivity index (χ0) is 31.3. The number of pyridine rings is 1. The van der Waals surface area contributed by atoms with Crippen LogP contribution in [0.5, 0.6) is 0 Å². The van der Waals surface area contributed by atoms with Gasteiger partial charge in [-0.25, -0.2) is 4.98 Å². The highest BCUT2D eigenvalue weighted by Crippen LogP contribution is 2.38. The smallest absolute Gasteiger partial charge is 0.137 e. The molecule has 0 radical (unpaired) electrons. The standard InChI is InChI=1S/C38H62BrN5S/c1-2-3-4-5-6-7-8-9-10-11-12-15-22-38(40,30-42-27-28-45-31-42)33-18-20-34(21-19-33)43-23-25-44(26-24-43)37-35-17-14-13-16-32(35)29-36(39)41-37/h13-14,16-17,29,33-34H,2-12,15,18-28,30-31,40H2,1H3/t33?,34?,38-/m1/s1. The maximum absolute atomic E-state index is 7.47. The van der Waals surface area contributed by atoms with Crippen LogP contribution in [0.3, 0.4) is 0 Å². The first-order valence-corrected chi connectivity index (χ1v) is 20.6. The highest BCUT2D eigenvalue weighted by molar-refractivity contribution is 9.10. The molecule has 5 nitrogen and oxygen atoms in total. The summed E-state index contributed by atoms with van der Waals surface area (Å²) in [6.07, 6.45) is 23.4. The van der Waals surface area contributed by atoms with Gasteiger partial charge in [0.15, 0.2) is 0 Å². The van der Waals surface area contributed by atoms with Crippen LogP contribution in [0.15, 0.2) is 34.9 Å². The van der Waals surface area contributed by atoms with Gasteiger partial charge in [-0.3, -0.25) is 9.80 Å². The predicted octanol–water partition coefficient (Wildman–Crippen LogP) is 9.47. The summed E-state index contributed by atoms with van der Waals surface area (Å²) in [6, 6.07) is 11.5. The number of rotatable bonds is 18. The molecule has 1 aromatic heterocycles. The molecule has 5 rings (SSSR count). The van der Waals surface area contributed by atoms with Gasteiger partial charge < -0.3 is 10.6 Å².